The first-order valence-corrected chi connectivity index (χ1v) is 17.8. The van der Waals surface area contributed by atoms with Gasteiger partial charge in [0.05, 0.1) is 26.4 Å². The lowest BCUT2D eigenvalue weighted by Gasteiger charge is -2.24. The van der Waals surface area contributed by atoms with Gasteiger partial charge in [-0.1, -0.05) is 102 Å². The average molecular weight is 685 g/mol. The molecule has 0 bridgehead atoms. The van der Waals surface area contributed by atoms with Gasteiger partial charge in [0, 0.05) is 22.1 Å². The van der Waals surface area contributed by atoms with Gasteiger partial charge in [0.15, 0.2) is 0 Å². The first-order chi connectivity index (χ1) is 23.9. The van der Waals surface area contributed by atoms with Crippen LogP contribution in [-0.2, 0) is 44.9 Å². The second kappa shape index (κ2) is 20.0. The zero-order valence-corrected chi connectivity index (χ0v) is 30.7. The van der Waals surface area contributed by atoms with Crippen LogP contribution in [-0.4, -0.2) is 48.6 Å². The SMILES string of the molecule is C=C(C)C(=O)OCc1cc(-c2ccc(-c3ccc(CCCCCCC)cc3)cc2CC)cc(OC(=O)C(=C)C)c1CCOCC(C)(CO)CO. The molecule has 0 atom stereocenters. The molecule has 0 aliphatic heterocycles. The second-order valence-corrected chi connectivity index (χ2v) is 13.7. The molecule has 0 radical (unpaired) electrons. The minimum atomic E-state index is -0.794. The number of aliphatic hydroxyl groups excluding tert-OH is 2. The standard InChI is InChI=1S/C43H56O7/c1-8-10-11-12-13-14-32-15-17-34(18-16-32)35-19-20-38(33(9-2)23-35)36-24-37(26-49-41(46)30(3)4)39(40(25-36)50-42(47)31(5)6)21-22-48-29-43(7,27-44)28-45/h15-20,23-25,44-45H,3,5,8-14,21-22,26-29H2,1-2,4,6-7H3. The van der Waals surface area contributed by atoms with Crippen molar-refractivity contribution >= 4 is 11.9 Å². The van der Waals surface area contributed by atoms with Crippen LogP contribution in [0, 0.1) is 5.41 Å². The zero-order chi connectivity index (χ0) is 36.7. The van der Waals surface area contributed by atoms with E-state index in [2.05, 4.69) is 69.5 Å². The van der Waals surface area contributed by atoms with Crippen LogP contribution in [0.5, 0.6) is 5.75 Å². The summed E-state index contributed by atoms with van der Waals surface area (Å²) in [4.78, 5) is 25.3. The van der Waals surface area contributed by atoms with Crippen LogP contribution in [0.15, 0.2) is 78.9 Å². The van der Waals surface area contributed by atoms with Crippen LogP contribution in [0.1, 0.15) is 89.0 Å². The molecular weight excluding hydrogens is 628 g/mol. The molecule has 3 aromatic rings. The van der Waals surface area contributed by atoms with Gasteiger partial charge in [-0.2, -0.15) is 0 Å². The molecule has 3 aromatic carbocycles. The van der Waals surface area contributed by atoms with E-state index in [-0.39, 0.29) is 44.2 Å². The number of hydrogen-bond donors (Lipinski definition) is 2. The van der Waals surface area contributed by atoms with Crippen LogP contribution in [0.3, 0.4) is 0 Å². The smallest absolute Gasteiger partial charge is 0.338 e. The summed E-state index contributed by atoms with van der Waals surface area (Å²) in [7, 11) is 0. The maximum absolute atomic E-state index is 12.9. The van der Waals surface area contributed by atoms with Gasteiger partial charge in [-0.3, -0.25) is 0 Å². The molecule has 50 heavy (non-hydrogen) atoms. The third kappa shape index (κ3) is 11.8. The lowest BCUT2D eigenvalue weighted by molar-refractivity contribution is -0.140. The number of aryl methyl sites for hydroxylation is 2. The topological polar surface area (TPSA) is 102 Å². The zero-order valence-electron chi connectivity index (χ0n) is 30.7. The van der Waals surface area contributed by atoms with Crippen LogP contribution >= 0.6 is 0 Å². The maximum Gasteiger partial charge on any atom is 0.338 e. The fourth-order valence-corrected chi connectivity index (χ4v) is 5.59. The number of aliphatic hydroxyl groups is 2. The Hall–Kier alpha value is -4.04. The Bertz CT molecular complexity index is 1600. The van der Waals surface area contributed by atoms with Gasteiger partial charge in [0.1, 0.15) is 12.4 Å². The molecule has 0 saturated heterocycles. The average Bonchev–Trinajstić information content (AvgIpc) is 3.12. The van der Waals surface area contributed by atoms with E-state index >= 15 is 0 Å². The van der Waals surface area contributed by atoms with E-state index in [1.807, 2.05) is 12.1 Å². The Morgan fingerprint density at radius 1 is 0.760 bits per heavy atom. The van der Waals surface area contributed by atoms with Crippen molar-refractivity contribution < 1.29 is 34.0 Å². The quantitative estimate of drug-likeness (QED) is 0.0501. The van der Waals surface area contributed by atoms with Crippen molar-refractivity contribution in [3.05, 3.63) is 101 Å². The normalized spacial score (nSPS) is 11.3. The number of rotatable bonds is 21. The molecule has 0 aromatic heterocycles. The third-order valence-corrected chi connectivity index (χ3v) is 8.92. The van der Waals surface area contributed by atoms with Crippen molar-refractivity contribution in [2.24, 2.45) is 5.41 Å². The van der Waals surface area contributed by atoms with Crippen LogP contribution in [0.4, 0.5) is 0 Å². The molecule has 270 valence electrons. The van der Waals surface area contributed by atoms with Crippen LogP contribution in [0.25, 0.3) is 22.3 Å². The van der Waals surface area contributed by atoms with E-state index in [0.717, 1.165) is 40.7 Å². The highest BCUT2D eigenvalue weighted by Crippen LogP contribution is 2.36. The largest absolute Gasteiger partial charge is 0.457 e. The van der Waals surface area contributed by atoms with Gasteiger partial charge in [-0.25, -0.2) is 9.59 Å². The van der Waals surface area contributed by atoms with Gasteiger partial charge in [0.25, 0.3) is 0 Å². The van der Waals surface area contributed by atoms with E-state index in [0.29, 0.717) is 23.3 Å². The van der Waals surface area contributed by atoms with Crippen LogP contribution in [0.2, 0.25) is 0 Å². The molecule has 0 aliphatic carbocycles. The number of unbranched alkanes of at least 4 members (excludes halogenated alkanes) is 4. The molecule has 0 saturated carbocycles. The fourth-order valence-electron chi connectivity index (χ4n) is 5.59. The Kier molecular flexibility index (Phi) is 16.1. The van der Waals surface area contributed by atoms with E-state index < -0.39 is 17.4 Å². The molecule has 0 aliphatic rings. The fraction of sp³-hybridized carbons (Fsp3) is 0.442. The number of esters is 2. The van der Waals surface area contributed by atoms with Crippen molar-refractivity contribution in [1.29, 1.82) is 0 Å². The summed E-state index contributed by atoms with van der Waals surface area (Å²) in [6, 6.07) is 19.1. The first kappa shape index (κ1) is 40.4. The molecule has 7 heteroatoms. The number of carbonyl (C=O) groups excluding carboxylic acids is 2. The van der Waals surface area contributed by atoms with Crippen molar-refractivity contribution in [2.45, 2.75) is 92.6 Å². The van der Waals surface area contributed by atoms with Gasteiger partial charge >= 0.3 is 11.9 Å². The van der Waals surface area contributed by atoms with E-state index in [1.54, 1.807) is 20.8 Å². The number of hydrogen-bond acceptors (Lipinski definition) is 7. The van der Waals surface area contributed by atoms with Crippen molar-refractivity contribution in [2.75, 3.05) is 26.4 Å². The molecular formula is C43H56O7. The summed E-state index contributed by atoms with van der Waals surface area (Å²) in [6.07, 6.45) is 8.52. The molecule has 7 nitrogen and oxygen atoms in total. The maximum atomic E-state index is 12.9. The molecule has 0 fully saturated rings. The van der Waals surface area contributed by atoms with Gasteiger partial charge in [-0.15, -0.1) is 0 Å². The van der Waals surface area contributed by atoms with E-state index in [9.17, 15) is 19.8 Å². The summed E-state index contributed by atoms with van der Waals surface area (Å²) < 4.78 is 17.4. The molecule has 0 spiro atoms. The molecule has 2 N–H and O–H groups in total. The minimum absolute atomic E-state index is 0.0675. The van der Waals surface area contributed by atoms with Gasteiger partial charge in [-0.05, 0) is 90.6 Å². The summed E-state index contributed by atoms with van der Waals surface area (Å²) in [5.41, 5.74) is 7.57. The predicted octanol–water partition coefficient (Wildman–Crippen LogP) is 8.75. The van der Waals surface area contributed by atoms with E-state index in [4.69, 9.17) is 14.2 Å². The summed E-state index contributed by atoms with van der Waals surface area (Å²) in [6.45, 7) is 16.5. The highest BCUT2D eigenvalue weighted by atomic mass is 16.5. The summed E-state index contributed by atoms with van der Waals surface area (Å²) in [5, 5.41) is 19.3. The van der Waals surface area contributed by atoms with E-state index in [1.165, 1.54) is 37.7 Å². The third-order valence-electron chi connectivity index (χ3n) is 8.92. The second-order valence-electron chi connectivity index (χ2n) is 13.7. The van der Waals surface area contributed by atoms with Crippen LogP contribution < -0.4 is 4.74 Å². The Morgan fingerprint density at radius 2 is 1.40 bits per heavy atom. The molecule has 0 heterocycles. The predicted molar refractivity (Wildman–Crippen MR) is 201 cm³/mol. The van der Waals surface area contributed by atoms with Gasteiger partial charge in [0.2, 0.25) is 0 Å². The lowest BCUT2D eigenvalue weighted by atomic mass is 9.90. The number of carbonyl (C=O) groups is 2. The lowest BCUT2D eigenvalue weighted by Crippen LogP contribution is -2.32. The summed E-state index contributed by atoms with van der Waals surface area (Å²) in [5.74, 6) is -0.775. The summed E-state index contributed by atoms with van der Waals surface area (Å²) >= 11 is 0. The Balaban J connectivity index is 2.00. The Morgan fingerprint density at radius 3 is 2.02 bits per heavy atom. The Labute approximate surface area is 299 Å². The number of ether oxygens (including phenoxy) is 3. The van der Waals surface area contributed by atoms with Crippen molar-refractivity contribution in [3.8, 4) is 28.0 Å². The highest BCUT2D eigenvalue weighted by Gasteiger charge is 2.24. The monoisotopic (exact) mass is 684 g/mol. The molecule has 0 unspecified atom stereocenters. The molecule has 0 amide bonds. The van der Waals surface area contributed by atoms with Crippen molar-refractivity contribution in [3.63, 3.8) is 0 Å². The van der Waals surface area contributed by atoms with Gasteiger partial charge < -0.3 is 24.4 Å². The van der Waals surface area contributed by atoms with Crippen molar-refractivity contribution in [1.82, 2.24) is 0 Å². The molecule has 3 rings (SSSR count). The highest BCUT2D eigenvalue weighted by molar-refractivity contribution is 5.89. The first-order valence-electron chi connectivity index (χ1n) is 17.8. The number of benzene rings is 3. The minimum Gasteiger partial charge on any atom is -0.457 e.